The molecule has 8 nitrogen and oxygen atoms in total. The molecule has 0 radical (unpaired) electrons. The number of pyridine rings is 1. The molecule has 9 heteroatoms. The second-order valence-corrected chi connectivity index (χ2v) is 7.52. The second-order valence-electron chi connectivity index (χ2n) is 7.08. The number of carbonyl (C=O) groups excluding carboxylic acids is 1. The van der Waals surface area contributed by atoms with Crippen LogP contribution in [0.3, 0.4) is 0 Å². The minimum atomic E-state index is -0.404. The molecule has 4 aromatic rings. The zero-order valence-electron chi connectivity index (χ0n) is 16.2. The van der Waals surface area contributed by atoms with Gasteiger partial charge in [0.15, 0.2) is 5.65 Å². The van der Waals surface area contributed by atoms with Crippen LogP contribution in [0.5, 0.6) is 0 Å². The lowest BCUT2D eigenvalue weighted by Crippen LogP contribution is -2.34. The Morgan fingerprint density at radius 2 is 1.97 bits per heavy atom. The number of fused-ring (bicyclic) bond motifs is 1. The molecule has 3 aromatic heterocycles. The standard InChI is InChI=1S/C22H16ClN5O3/c23-15-7-5-14(6-8-15)17-11-18(19-4-2-10-31-19)28(26-17)20(29)12-27-13-25-21-16(22(27)30)3-1-9-24-21/h1-10,13,18H,11-12H2. The molecule has 1 atom stereocenters. The van der Waals surface area contributed by atoms with Crippen LogP contribution in [-0.2, 0) is 11.3 Å². The van der Waals surface area contributed by atoms with E-state index in [-0.39, 0.29) is 18.0 Å². The normalized spacial score (nSPS) is 16.0. The number of nitrogens with zero attached hydrogens (tertiary/aromatic N) is 5. The van der Waals surface area contributed by atoms with Crippen molar-refractivity contribution in [2.24, 2.45) is 5.10 Å². The summed E-state index contributed by atoms with van der Waals surface area (Å²) in [5, 5.41) is 6.92. The Morgan fingerprint density at radius 1 is 1.13 bits per heavy atom. The van der Waals surface area contributed by atoms with Crippen molar-refractivity contribution < 1.29 is 9.21 Å². The Morgan fingerprint density at radius 3 is 2.74 bits per heavy atom. The molecule has 0 aliphatic carbocycles. The highest BCUT2D eigenvalue weighted by atomic mass is 35.5. The Labute approximate surface area is 181 Å². The maximum atomic E-state index is 13.2. The predicted octanol–water partition coefficient (Wildman–Crippen LogP) is 3.42. The molecule has 1 aliphatic rings. The maximum Gasteiger partial charge on any atom is 0.263 e. The molecular weight excluding hydrogens is 418 g/mol. The van der Waals surface area contributed by atoms with Crippen LogP contribution < -0.4 is 5.56 Å². The lowest BCUT2D eigenvalue weighted by atomic mass is 10.0. The van der Waals surface area contributed by atoms with Gasteiger partial charge in [0, 0.05) is 17.6 Å². The smallest absolute Gasteiger partial charge is 0.263 e. The van der Waals surface area contributed by atoms with Gasteiger partial charge in [0.2, 0.25) is 0 Å². The van der Waals surface area contributed by atoms with Gasteiger partial charge in [-0.2, -0.15) is 5.10 Å². The van der Waals surface area contributed by atoms with E-state index in [2.05, 4.69) is 15.1 Å². The zero-order valence-corrected chi connectivity index (χ0v) is 16.9. The van der Waals surface area contributed by atoms with Gasteiger partial charge in [0.05, 0.1) is 17.4 Å². The van der Waals surface area contributed by atoms with Gasteiger partial charge in [0.25, 0.3) is 11.5 Å². The van der Waals surface area contributed by atoms with Gasteiger partial charge in [-0.1, -0.05) is 23.7 Å². The van der Waals surface area contributed by atoms with E-state index in [1.54, 1.807) is 48.9 Å². The molecule has 1 aliphatic heterocycles. The summed E-state index contributed by atoms with van der Waals surface area (Å²) in [5.41, 5.74) is 1.61. The fraction of sp³-hybridized carbons (Fsp3) is 0.136. The number of hydrogen-bond acceptors (Lipinski definition) is 6. The molecule has 0 fully saturated rings. The number of rotatable bonds is 4. The Kier molecular flexibility index (Phi) is 4.83. The maximum absolute atomic E-state index is 13.2. The summed E-state index contributed by atoms with van der Waals surface area (Å²) in [7, 11) is 0. The summed E-state index contributed by atoms with van der Waals surface area (Å²) in [5.74, 6) is 0.270. The number of aromatic nitrogens is 3. The van der Waals surface area contributed by atoms with Gasteiger partial charge in [0.1, 0.15) is 24.7 Å². The van der Waals surface area contributed by atoms with Crippen molar-refractivity contribution in [2.75, 3.05) is 0 Å². The number of hydrogen-bond donors (Lipinski definition) is 0. The van der Waals surface area contributed by atoms with Crippen molar-refractivity contribution in [3.8, 4) is 0 Å². The molecule has 5 rings (SSSR count). The Balaban J connectivity index is 1.48. The van der Waals surface area contributed by atoms with Gasteiger partial charge in [-0.3, -0.25) is 14.2 Å². The van der Waals surface area contributed by atoms with Crippen LogP contribution in [0.15, 0.2) is 81.6 Å². The number of halogens is 1. The third kappa shape index (κ3) is 3.62. The van der Waals surface area contributed by atoms with E-state index >= 15 is 0 Å². The number of hydrazone groups is 1. The molecule has 1 amide bonds. The van der Waals surface area contributed by atoms with Gasteiger partial charge >= 0.3 is 0 Å². The lowest BCUT2D eigenvalue weighted by Gasteiger charge is -2.20. The van der Waals surface area contributed by atoms with Crippen LogP contribution in [-0.4, -0.2) is 31.2 Å². The van der Waals surface area contributed by atoms with E-state index in [9.17, 15) is 9.59 Å². The molecule has 1 aromatic carbocycles. The minimum Gasteiger partial charge on any atom is -0.467 e. The quantitative estimate of drug-likeness (QED) is 0.491. The summed E-state index contributed by atoms with van der Waals surface area (Å²) in [6.07, 6.45) is 4.94. The first-order valence-electron chi connectivity index (χ1n) is 9.59. The van der Waals surface area contributed by atoms with E-state index in [1.165, 1.54) is 15.9 Å². The number of furan rings is 1. The summed E-state index contributed by atoms with van der Waals surface area (Å²) in [4.78, 5) is 34.2. The highest BCUT2D eigenvalue weighted by Crippen LogP contribution is 2.33. The third-order valence-electron chi connectivity index (χ3n) is 5.12. The molecule has 0 saturated carbocycles. The first-order valence-corrected chi connectivity index (χ1v) is 9.97. The van der Waals surface area contributed by atoms with Crippen molar-refractivity contribution in [3.05, 3.63) is 94.0 Å². The molecule has 0 N–H and O–H groups in total. The van der Waals surface area contributed by atoms with Crippen molar-refractivity contribution in [3.63, 3.8) is 0 Å². The van der Waals surface area contributed by atoms with E-state index in [0.29, 0.717) is 28.2 Å². The van der Waals surface area contributed by atoms with Gasteiger partial charge in [-0.05, 0) is 42.0 Å². The molecule has 0 bridgehead atoms. The Hall–Kier alpha value is -3.78. The van der Waals surface area contributed by atoms with Crippen LogP contribution in [0, 0.1) is 0 Å². The highest BCUT2D eigenvalue weighted by molar-refractivity contribution is 6.30. The molecule has 1 unspecified atom stereocenters. The lowest BCUT2D eigenvalue weighted by molar-refractivity contribution is -0.134. The summed E-state index contributed by atoms with van der Waals surface area (Å²) >= 11 is 5.99. The monoisotopic (exact) mass is 433 g/mol. The third-order valence-corrected chi connectivity index (χ3v) is 5.37. The van der Waals surface area contributed by atoms with E-state index < -0.39 is 6.04 Å². The van der Waals surface area contributed by atoms with E-state index in [1.807, 2.05) is 12.1 Å². The van der Waals surface area contributed by atoms with Gasteiger partial charge < -0.3 is 4.42 Å². The largest absolute Gasteiger partial charge is 0.467 e. The van der Waals surface area contributed by atoms with Crippen molar-refractivity contribution in [1.82, 2.24) is 19.5 Å². The van der Waals surface area contributed by atoms with Crippen LogP contribution in [0.2, 0.25) is 5.02 Å². The highest BCUT2D eigenvalue weighted by Gasteiger charge is 2.35. The molecular formula is C22H16ClN5O3. The summed E-state index contributed by atoms with van der Waals surface area (Å²) in [6, 6.07) is 13.7. The van der Waals surface area contributed by atoms with Crippen molar-refractivity contribution in [1.29, 1.82) is 0 Å². The second kappa shape index (κ2) is 7.81. The SMILES string of the molecule is O=C(Cn1cnc2ncccc2c1=O)N1N=C(c2ccc(Cl)cc2)CC1c1ccco1. The van der Waals surface area contributed by atoms with Crippen LogP contribution in [0.4, 0.5) is 0 Å². The first kappa shape index (κ1) is 19.2. The Bertz CT molecular complexity index is 1350. The summed E-state index contributed by atoms with van der Waals surface area (Å²) in [6.45, 7) is -0.203. The fourth-order valence-corrected chi connectivity index (χ4v) is 3.71. The number of carbonyl (C=O) groups is 1. The minimum absolute atomic E-state index is 0.203. The zero-order chi connectivity index (χ0) is 21.4. The van der Waals surface area contributed by atoms with Crippen molar-refractivity contribution >= 4 is 34.3 Å². The average molecular weight is 434 g/mol. The predicted molar refractivity (Wildman–Crippen MR) is 115 cm³/mol. The van der Waals surface area contributed by atoms with Crippen LogP contribution >= 0.6 is 11.6 Å². The van der Waals surface area contributed by atoms with Crippen molar-refractivity contribution in [2.45, 2.75) is 19.0 Å². The molecule has 4 heterocycles. The molecule has 31 heavy (non-hydrogen) atoms. The molecule has 0 saturated heterocycles. The number of benzene rings is 1. The van der Waals surface area contributed by atoms with Crippen LogP contribution in [0.25, 0.3) is 11.0 Å². The van der Waals surface area contributed by atoms with Gasteiger partial charge in [-0.25, -0.2) is 15.0 Å². The van der Waals surface area contributed by atoms with E-state index in [0.717, 1.165) is 11.3 Å². The average Bonchev–Trinajstić information content (AvgIpc) is 3.46. The molecule has 154 valence electrons. The fourth-order valence-electron chi connectivity index (χ4n) is 3.59. The number of amides is 1. The van der Waals surface area contributed by atoms with E-state index in [4.69, 9.17) is 16.0 Å². The molecule has 0 spiro atoms. The van der Waals surface area contributed by atoms with Crippen LogP contribution in [0.1, 0.15) is 23.8 Å². The summed E-state index contributed by atoms with van der Waals surface area (Å²) < 4.78 is 6.82. The van der Waals surface area contributed by atoms with Gasteiger partial charge in [-0.15, -0.1) is 0 Å². The topological polar surface area (TPSA) is 93.6 Å². The first-order chi connectivity index (χ1) is 15.1.